The molecule has 0 bridgehead atoms. The number of carbonyl (C=O) groups excluding carboxylic acids is 1. The molecule has 0 radical (unpaired) electrons. The minimum absolute atomic E-state index is 0.400. The van der Waals surface area contributed by atoms with Gasteiger partial charge in [-0.25, -0.2) is 4.79 Å². The smallest absolute Gasteiger partial charge is 0.442 e. The monoisotopic (exact) mass is 358 g/mol. The second kappa shape index (κ2) is 5.82. The van der Waals surface area contributed by atoms with E-state index in [1.54, 1.807) is 0 Å². The average molecular weight is 358 g/mol. The Morgan fingerprint density at radius 3 is 2.27 bits per heavy atom. The molecule has 2 heterocycles. The first-order chi connectivity index (χ1) is 11.8. The highest BCUT2D eigenvalue weighted by Crippen LogP contribution is 2.36. The van der Waals surface area contributed by atoms with Crippen LogP contribution in [0, 0.1) is 6.92 Å². The normalized spacial score (nSPS) is 19.2. The first kappa shape index (κ1) is 18.9. The lowest BCUT2D eigenvalue weighted by molar-refractivity contribution is 0.00578. The molecule has 2 aromatic rings. The van der Waals surface area contributed by atoms with Gasteiger partial charge in [0, 0.05) is 5.39 Å². The van der Waals surface area contributed by atoms with E-state index in [0.29, 0.717) is 5.52 Å². The number of hydrogen-bond acceptors (Lipinski definition) is 5. The second-order valence-corrected chi connectivity index (χ2v) is 8.84. The minimum atomic E-state index is -0.577. The lowest BCUT2D eigenvalue weighted by Gasteiger charge is -2.32. The van der Waals surface area contributed by atoms with Gasteiger partial charge in [0.2, 0.25) is 0 Å². The molecule has 26 heavy (non-hydrogen) atoms. The predicted molar refractivity (Wildman–Crippen MR) is 102 cm³/mol. The van der Waals surface area contributed by atoms with Crippen molar-refractivity contribution in [2.24, 2.45) is 0 Å². The summed E-state index contributed by atoms with van der Waals surface area (Å²) in [5.41, 5.74) is 0.987. The highest BCUT2D eigenvalue weighted by molar-refractivity contribution is 6.62. The summed E-state index contributed by atoms with van der Waals surface area (Å²) < 4.78 is 19.0. The maximum atomic E-state index is 12.4. The third kappa shape index (κ3) is 3.26. The minimum Gasteiger partial charge on any atom is -0.442 e. The van der Waals surface area contributed by atoms with E-state index in [9.17, 15) is 4.79 Å². The van der Waals surface area contributed by atoms with E-state index in [0.717, 1.165) is 16.5 Å². The predicted octanol–water partition coefficient (Wildman–Crippen LogP) is 3.43. The molecule has 1 aliphatic rings. The molecule has 0 N–H and O–H groups in total. The summed E-state index contributed by atoms with van der Waals surface area (Å²) >= 11 is 0. The molecule has 0 unspecified atom stereocenters. The van der Waals surface area contributed by atoms with Gasteiger partial charge in [-0.2, -0.15) is 9.78 Å². The Morgan fingerprint density at radius 2 is 1.73 bits per heavy atom. The van der Waals surface area contributed by atoms with Gasteiger partial charge in [0.1, 0.15) is 5.60 Å². The van der Waals surface area contributed by atoms with Gasteiger partial charge in [0.25, 0.3) is 0 Å². The van der Waals surface area contributed by atoms with E-state index in [4.69, 9.17) is 14.0 Å². The summed E-state index contributed by atoms with van der Waals surface area (Å²) in [7, 11) is -0.450. The standard InChI is InChI=1S/C19H27BN2O4/c1-12-14-11-13(20-25-18(5,6)19(7,8)26-20)9-10-15(14)22(21-12)16(23)24-17(2,3)4/h9-11H,1-8H3. The van der Waals surface area contributed by atoms with Gasteiger partial charge in [-0.1, -0.05) is 12.1 Å². The summed E-state index contributed by atoms with van der Waals surface area (Å²) in [6.07, 6.45) is -0.487. The first-order valence-electron chi connectivity index (χ1n) is 8.89. The fourth-order valence-corrected chi connectivity index (χ4v) is 2.86. The van der Waals surface area contributed by atoms with Gasteiger partial charge in [0.05, 0.1) is 22.4 Å². The highest BCUT2D eigenvalue weighted by atomic mass is 16.7. The van der Waals surface area contributed by atoms with Crippen LogP contribution in [0.5, 0.6) is 0 Å². The van der Waals surface area contributed by atoms with Gasteiger partial charge < -0.3 is 14.0 Å². The van der Waals surface area contributed by atoms with Gasteiger partial charge in [-0.05, 0) is 66.9 Å². The summed E-state index contributed by atoms with van der Waals surface area (Å²) in [5, 5.41) is 5.24. The Balaban J connectivity index is 1.96. The third-order valence-corrected chi connectivity index (χ3v) is 4.98. The largest absolute Gasteiger partial charge is 0.494 e. The van der Waals surface area contributed by atoms with E-state index in [1.807, 2.05) is 73.6 Å². The SMILES string of the molecule is Cc1nn(C(=O)OC(C)(C)C)c2ccc(B3OC(C)(C)C(C)(C)O3)cc12. The molecule has 1 aromatic carbocycles. The van der Waals surface area contributed by atoms with Crippen molar-refractivity contribution in [3.63, 3.8) is 0 Å². The maximum absolute atomic E-state index is 12.4. The summed E-state index contributed by atoms with van der Waals surface area (Å²) in [6.45, 7) is 15.5. The molecule has 1 fully saturated rings. The Bertz CT molecular complexity index is 848. The number of benzene rings is 1. The molecule has 1 saturated heterocycles. The molecule has 0 saturated carbocycles. The molecule has 0 amide bonds. The van der Waals surface area contributed by atoms with Crippen LogP contribution in [0.4, 0.5) is 4.79 Å². The van der Waals surface area contributed by atoms with Gasteiger partial charge in [0.15, 0.2) is 0 Å². The number of aromatic nitrogens is 2. The zero-order valence-corrected chi connectivity index (χ0v) is 16.8. The molecule has 1 aromatic heterocycles. The molecule has 1 aliphatic heterocycles. The Kier molecular flexibility index (Phi) is 4.24. The molecule has 0 aliphatic carbocycles. The average Bonchev–Trinajstić information content (AvgIpc) is 2.91. The molecule has 7 heteroatoms. The number of aryl methyl sites for hydroxylation is 1. The Morgan fingerprint density at radius 1 is 1.15 bits per heavy atom. The van der Waals surface area contributed by atoms with Crippen LogP contribution in [0.25, 0.3) is 10.9 Å². The zero-order valence-electron chi connectivity index (χ0n) is 16.8. The van der Waals surface area contributed by atoms with E-state index in [1.165, 1.54) is 4.68 Å². The van der Waals surface area contributed by atoms with Crippen LogP contribution in [0.3, 0.4) is 0 Å². The van der Waals surface area contributed by atoms with Crippen molar-refractivity contribution in [3.05, 3.63) is 23.9 Å². The Labute approximate surface area is 154 Å². The number of nitrogens with zero attached hydrogens (tertiary/aromatic N) is 2. The number of hydrogen-bond donors (Lipinski definition) is 0. The lowest BCUT2D eigenvalue weighted by Crippen LogP contribution is -2.41. The maximum Gasteiger partial charge on any atom is 0.494 e. The van der Waals surface area contributed by atoms with E-state index >= 15 is 0 Å². The van der Waals surface area contributed by atoms with Crippen molar-refractivity contribution in [2.45, 2.75) is 72.2 Å². The van der Waals surface area contributed by atoms with Crippen molar-refractivity contribution in [2.75, 3.05) is 0 Å². The summed E-state index contributed by atoms with van der Waals surface area (Å²) in [4.78, 5) is 12.4. The zero-order chi connectivity index (χ0) is 19.5. The van der Waals surface area contributed by atoms with E-state index in [2.05, 4.69) is 5.10 Å². The van der Waals surface area contributed by atoms with E-state index in [-0.39, 0.29) is 0 Å². The summed E-state index contributed by atoms with van der Waals surface area (Å²) in [5.74, 6) is 0. The van der Waals surface area contributed by atoms with E-state index < -0.39 is 30.0 Å². The third-order valence-electron chi connectivity index (χ3n) is 4.98. The molecule has 0 atom stereocenters. The number of ether oxygens (including phenoxy) is 1. The molecule has 3 rings (SSSR count). The van der Waals surface area contributed by atoms with Crippen molar-refractivity contribution >= 4 is 29.6 Å². The number of carbonyl (C=O) groups is 1. The number of rotatable bonds is 1. The quantitative estimate of drug-likeness (QED) is 0.731. The van der Waals surface area contributed by atoms with Crippen molar-refractivity contribution in [1.82, 2.24) is 9.78 Å². The van der Waals surface area contributed by atoms with Crippen LogP contribution in [0.1, 0.15) is 54.2 Å². The molecule has 6 nitrogen and oxygen atoms in total. The van der Waals surface area contributed by atoms with Crippen molar-refractivity contribution in [1.29, 1.82) is 0 Å². The Hall–Kier alpha value is -1.86. The summed E-state index contributed by atoms with van der Waals surface area (Å²) in [6, 6.07) is 5.74. The van der Waals surface area contributed by atoms with Crippen LogP contribution >= 0.6 is 0 Å². The fourth-order valence-electron chi connectivity index (χ4n) is 2.86. The van der Waals surface area contributed by atoms with Crippen LogP contribution in [-0.4, -0.2) is 39.8 Å². The lowest BCUT2D eigenvalue weighted by atomic mass is 9.78. The first-order valence-corrected chi connectivity index (χ1v) is 8.89. The van der Waals surface area contributed by atoms with Crippen molar-refractivity contribution in [3.8, 4) is 0 Å². The molecular formula is C19H27BN2O4. The molecular weight excluding hydrogens is 331 g/mol. The van der Waals surface area contributed by atoms with Crippen LogP contribution in [0.15, 0.2) is 18.2 Å². The topological polar surface area (TPSA) is 62.6 Å². The van der Waals surface area contributed by atoms with Crippen LogP contribution < -0.4 is 5.46 Å². The van der Waals surface area contributed by atoms with Gasteiger partial charge >= 0.3 is 13.2 Å². The van der Waals surface area contributed by atoms with Crippen LogP contribution in [-0.2, 0) is 14.0 Å². The fraction of sp³-hybridized carbons (Fsp3) is 0.579. The van der Waals surface area contributed by atoms with Gasteiger partial charge in [-0.3, -0.25) is 0 Å². The molecule has 0 spiro atoms. The van der Waals surface area contributed by atoms with Crippen molar-refractivity contribution < 1.29 is 18.8 Å². The van der Waals surface area contributed by atoms with Crippen LogP contribution in [0.2, 0.25) is 0 Å². The van der Waals surface area contributed by atoms with Gasteiger partial charge in [-0.15, -0.1) is 0 Å². The molecule has 140 valence electrons. The number of fused-ring (bicyclic) bond motifs is 1. The second-order valence-electron chi connectivity index (χ2n) is 8.84. The highest BCUT2D eigenvalue weighted by Gasteiger charge is 2.51.